The van der Waals surface area contributed by atoms with Gasteiger partial charge in [0.2, 0.25) is 0 Å². The van der Waals surface area contributed by atoms with Gasteiger partial charge < -0.3 is 15.5 Å². The van der Waals surface area contributed by atoms with E-state index in [9.17, 15) is 0 Å². The maximum absolute atomic E-state index is 4.68. The lowest BCUT2D eigenvalue weighted by molar-refractivity contribution is 0.197. The highest BCUT2D eigenvalue weighted by Crippen LogP contribution is 2.16. The van der Waals surface area contributed by atoms with Crippen molar-refractivity contribution in [3.8, 4) is 0 Å². The largest absolute Gasteiger partial charge is 0.369 e. The Morgan fingerprint density at radius 2 is 1.93 bits per heavy atom. The number of nitrogens with zero attached hydrogens (tertiary/aromatic N) is 4. The summed E-state index contributed by atoms with van der Waals surface area (Å²) in [4.78, 5) is 15.3. The van der Waals surface area contributed by atoms with Gasteiger partial charge >= 0.3 is 0 Å². The highest BCUT2D eigenvalue weighted by Gasteiger charge is 2.21. The van der Waals surface area contributed by atoms with Crippen LogP contribution in [-0.2, 0) is 6.54 Å². The number of hydrogen-bond donors (Lipinski definition) is 2. The smallest absolute Gasteiger partial charge is 0.191 e. The van der Waals surface area contributed by atoms with E-state index in [1.54, 1.807) is 11.3 Å². The molecule has 2 N–H and O–H groups in total. The minimum atomic E-state index is 0.462. The van der Waals surface area contributed by atoms with Crippen LogP contribution in [-0.4, -0.2) is 61.2 Å². The number of para-hydroxylation sites is 1. The summed E-state index contributed by atoms with van der Waals surface area (Å²) in [5.41, 5.74) is 1.33. The van der Waals surface area contributed by atoms with Crippen LogP contribution in [0.4, 0.5) is 5.69 Å². The normalized spacial score (nSPS) is 16.8. The molecule has 2 heterocycles. The fourth-order valence-electron chi connectivity index (χ4n) is 3.40. The van der Waals surface area contributed by atoms with Gasteiger partial charge in [-0.05, 0) is 32.9 Å². The van der Waals surface area contributed by atoms with E-state index in [2.05, 4.69) is 81.5 Å². The Morgan fingerprint density at radius 1 is 1.18 bits per heavy atom. The Hall–Kier alpha value is -2.12. The summed E-state index contributed by atoms with van der Waals surface area (Å²) < 4.78 is 0. The number of aromatic nitrogens is 1. The zero-order valence-corrected chi connectivity index (χ0v) is 18.0. The van der Waals surface area contributed by atoms with Gasteiger partial charge in [-0.25, -0.2) is 9.98 Å². The molecule has 1 aliphatic rings. The Labute approximate surface area is 172 Å². The van der Waals surface area contributed by atoms with Crippen LogP contribution in [0.1, 0.15) is 23.7 Å². The molecule has 1 fully saturated rings. The zero-order valence-electron chi connectivity index (χ0n) is 17.2. The second-order valence-electron chi connectivity index (χ2n) is 7.15. The van der Waals surface area contributed by atoms with Crippen molar-refractivity contribution < 1.29 is 0 Å². The van der Waals surface area contributed by atoms with Crippen LogP contribution in [0.25, 0.3) is 0 Å². The molecule has 0 amide bonds. The molecular weight excluding hydrogens is 368 g/mol. The lowest BCUT2D eigenvalue weighted by Gasteiger charge is -2.39. The van der Waals surface area contributed by atoms with Crippen LogP contribution in [0.5, 0.6) is 0 Å². The molecule has 3 rings (SSSR count). The van der Waals surface area contributed by atoms with Gasteiger partial charge in [0.25, 0.3) is 0 Å². The first-order valence-electron chi connectivity index (χ1n) is 10.1. The molecule has 1 aliphatic heterocycles. The van der Waals surface area contributed by atoms with Crippen molar-refractivity contribution in [1.82, 2.24) is 20.5 Å². The summed E-state index contributed by atoms with van der Waals surface area (Å²) in [7, 11) is 0. The van der Waals surface area contributed by atoms with Gasteiger partial charge in [0.1, 0.15) is 5.01 Å². The van der Waals surface area contributed by atoms with Crippen molar-refractivity contribution in [1.29, 1.82) is 0 Å². The molecule has 1 unspecified atom stereocenters. The van der Waals surface area contributed by atoms with Gasteiger partial charge in [-0.15, -0.1) is 11.3 Å². The fraction of sp³-hybridized carbons (Fsp3) is 0.524. The Kier molecular flexibility index (Phi) is 7.68. The average Bonchev–Trinajstić information content (AvgIpc) is 3.16. The summed E-state index contributed by atoms with van der Waals surface area (Å²) in [5, 5.41) is 7.89. The number of rotatable bonds is 7. The predicted molar refractivity (Wildman–Crippen MR) is 119 cm³/mol. The molecular formula is C21H32N6S. The maximum Gasteiger partial charge on any atom is 0.191 e. The number of aliphatic imine (C=N–C) groups is 1. The van der Waals surface area contributed by atoms with Crippen molar-refractivity contribution in [2.75, 3.05) is 44.2 Å². The molecule has 1 saturated heterocycles. The molecule has 0 saturated carbocycles. The number of guanidine groups is 1. The van der Waals surface area contributed by atoms with E-state index in [1.165, 1.54) is 10.6 Å². The molecule has 2 aromatic rings. The first-order valence-corrected chi connectivity index (χ1v) is 10.9. The quantitative estimate of drug-likeness (QED) is 0.553. The summed E-state index contributed by atoms with van der Waals surface area (Å²) in [5.74, 6) is 0.866. The third-order valence-electron chi connectivity index (χ3n) is 5.01. The van der Waals surface area contributed by atoms with Crippen molar-refractivity contribution in [2.45, 2.75) is 33.4 Å². The highest BCUT2D eigenvalue weighted by molar-refractivity contribution is 7.11. The number of hydrogen-bond acceptors (Lipinski definition) is 5. The van der Waals surface area contributed by atoms with Crippen LogP contribution >= 0.6 is 11.3 Å². The third kappa shape index (κ3) is 5.94. The number of piperazine rings is 1. The van der Waals surface area contributed by atoms with Gasteiger partial charge in [-0.2, -0.15) is 0 Å². The van der Waals surface area contributed by atoms with Gasteiger partial charge in [-0.1, -0.05) is 18.2 Å². The second-order valence-corrected chi connectivity index (χ2v) is 8.47. The van der Waals surface area contributed by atoms with Crippen LogP contribution in [0.2, 0.25) is 0 Å². The van der Waals surface area contributed by atoms with Crippen molar-refractivity contribution >= 4 is 23.0 Å². The molecule has 28 heavy (non-hydrogen) atoms. The number of nitrogens with one attached hydrogen (secondary N) is 2. The van der Waals surface area contributed by atoms with E-state index in [0.29, 0.717) is 12.6 Å². The SMILES string of the molecule is CCNC(=NCc1ncc(C)s1)NCC(C)N1CCN(c2ccccc2)CC1. The first kappa shape index (κ1) is 20.6. The molecule has 0 bridgehead atoms. The van der Waals surface area contributed by atoms with E-state index >= 15 is 0 Å². The monoisotopic (exact) mass is 400 g/mol. The lowest BCUT2D eigenvalue weighted by Crippen LogP contribution is -2.53. The van der Waals surface area contributed by atoms with E-state index in [0.717, 1.165) is 50.2 Å². The van der Waals surface area contributed by atoms with Crippen molar-refractivity contribution in [2.24, 2.45) is 4.99 Å². The second kappa shape index (κ2) is 10.4. The van der Waals surface area contributed by atoms with Crippen LogP contribution in [0.15, 0.2) is 41.5 Å². The summed E-state index contributed by atoms with van der Waals surface area (Å²) in [6.07, 6.45) is 1.91. The zero-order chi connectivity index (χ0) is 19.8. The average molecular weight is 401 g/mol. The van der Waals surface area contributed by atoms with Gasteiger partial charge in [0.15, 0.2) is 5.96 Å². The van der Waals surface area contributed by atoms with E-state index in [-0.39, 0.29) is 0 Å². The van der Waals surface area contributed by atoms with Gasteiger partial charge in [0.05, 0.1) is 6.54 Å². The number of aryl methyl sites for hydroxylation is 1. The predicted octanol–water partition coefficient (Wildman–Crippen LogP) is 2.72. The molecule has 1 aromatic carbocycles. The summed E-state index contributed by atoms with van der Waals surface area (Å²) in [6.45, 7) is 13.1. The van der Waals surface area contributed by atoms with E-state index in [4.69, 9.17) is 0 Å². The Bertz CT molecular complexity index is 736. The Balaban J connectivity index is 1.46. The number of benzene rings is 1. The molecule has 0 radical (unpaired) electrons. The highest BCUT2D eigenvalue weighted by atomic mass is 32.1. The molecule has 7 heteroatoms. The first-order chi connectivity index (χ1) is 13.7. The summed E-state index contributed by atoms with van der Waals surface area (Å²) >= 11 is 1.71. The van der Waals surface area contributed by atoms with Gasteiger partial charge in [0, 0.05) is 62.1 Å². The summed E-state index contributed by atoms with van der Waals surface area (Å²) in [6, 6.07) is 11.2. The fourth-order valence-corrected chi connectivity index (χ4v) is 4.11. The molecule has 0 aliphatic carbocycles. The minimum Gasteiger partial charge on any atom is -0.369 e. The van der Waals surface area contributed by atoms with Crippen LogP contribution in [0, 0.1) is 6.92 Å². The Morgan fingerprint density at radius 3 is 2.57 bits per heavy atom. The third-order valence-corrected chi connectivity index (χ3v) is 5.91. The van der Waals surface area contributed by atoms with Crippen LogP contribution in [0.3, 0.4) is 0 Å². The van der Waals surface area contributed by atoms with Crippen LogP contribution < -0.4 is 15.5 Å². The molecule has 1 aromatic heterocycles. The molecule has 1 atom stereocenters. The van der Waals surface area contributed by atoms with Crippen molar-refractivity contribution in [3.05, 3.63) is 46.4 Å². The minimum absolute atomic E-state index is 0.462. The van der Waals surface area contributed by atoms with Crippen molar-refractivity contribution in [3.63, 3.8) is 0 Å². The number of anilines is 1. The molecule has 0 spiro atoms. The van der Waals surface area contributed by atoms with Gasteiger partial charge in [-0.3, -0.25) is 4.90 Å². The standard InChI is InChI=1S/C21H32N6S/c1-4-22-21(25-16-20-23-15-18(3)28-20)24-14-17(2)26-10-12-27(13-11-26)19-8-6-5-7-9-19/h5-9,15,17H,4,10-14,16H2,1-3H3,(H2,22,24,25). The van der Waals surface area contributed by atoms with E-state index < -0.39 is 0 Å². The topological polar surface area (TPSA) is 55.8 Å². The molecule has 152 valence electrons. The van der Waals surface area contributed by atoms with E-state index in [1.807, 2.05) is 6.20 Å². The number of thiazole rings is 1. The maximum atomic E-state index is 4.68. The molecule has 6 nitrogen and oxygen atoms in total. The lowest BCUT2D eigenvalue weighted by atomic mass is 10.2.